The molecule has 3 heterocycles. The van der Waals surface area contributed by atoms with Crippen molar-refractivity contribution in [3.63, 3.8) is 0 Å². The van der Waals surface area contributed by atoms with E-state index in [4.69, 9.17) is 39.5 Å². The minimum Gasteiger partial charge on any atom is -0.480 e. The zero-order valence-corrected chi connectivity index (χ0v) is 17.7. The van der Waals surface area contributed by atoms with E-state index in [1.165, 1.54) is 33.0 Å². The van der Waals surface area contributed by atoms with E-state index in [2.05, 4.69) is 35.5 Å². The summed E-state index contributed by atoms with van der Waals surface area (Å²) in [6, 6.07) is 3.55. The summed E-state index contributed by atoms with van der Waals surface area (Å²) in [7, 11) is 1.53. The van der Waals surface area contributed by atoms with Crippen LogP contribution < -0.4 is 15.4 Å². The number of aromatic nitrogens is 4. The maximum Gasteiger partial charge on any atom is 0.250 e. The largest absolute Gasteiger partial charge is 0.480 e. The second-order valence-corrected chi connectivity index (χ2v) is 8.60. The van der Waals surface area contributed by atoms with Gasteiger partial charge in [-0.2, -0.15) is 15.0 Å². The van der Waals surface area contributed by atoms with Gasteiger partial charge in [-0.1, -0.05) is 34.8 Å². The molecule has 1 aliphatic heterocycles. The molecule has 0 bridgehead atoms. The first-order valence-electron chi connectivity index (χ1n) is 9.01. The third-order valence-electron chi connectivity index (χ3n) is 4.23. The zero-order valence-electron chi connectivity index (χ0n) is 15.5. The lowest BCUT2D eigenvalue weighted by molar-refractivity contribution is 0.337. The lowest BCUT2D eigenvalue weighted by Crippen LogP contribution is -2.23. The minimum absolute atomic E-state index is 0.0277. The molecule has 0 radical (unpaired) electrons. The number of anilines is 3. The van der Waals surface area contributed by atoms with Crippen LogP contribution in [0.2, 0.25) is 0 Å². The van der Waals surface area contributed by atoms with E-state index < -0.39 is 3.79 Å². The molecule has 0 atom stereocenters. The number of methoxy groups -OCH3 is 1. The summed E-state index contributed by atoms with van der Waals surface area (Å²) in [4.78, 5) is 19.4. The van der Waals surface area contributed by atoms with Gasteiger partial charge in [-0.15, -0.1) is 0 Å². The van der Waals surface area contributed by atoms with Crippen molar-refractivity contribution in [2.45, 2.75) is 23.1 Å². The van der Waals surface area contributed by atoms with Crippen LogP contribution in [-0.2, 0) is 3.79 Å². The van der Waals surface area contributed by atoms with Crippen LogP contribution in [-0.4, -0.2) is 58.1 Å². The predicted molar refractivity (Wildman–Crippen MR) is 112 cm³/mol. The Bertz CT molecular complexity index is 782. The van der Waals surface area contributed by atoms with Crippen molar-refractivity contribution in [2.75, 3.05) is 43.9 Å². The Hall–Kier alpha value is -1.61. The Morgan fingerprint density at radius 2 is 1.89 bits per heavy atom. The molecule has 0 saturated carbocycles. The number of nitrogens with zero attached hydrogens (tertiary/aromatic N) is 5. The van der Waals surface area contributed by atoms with Crippen molar-refractivity contribution in [1.29, 1.82) is 0 Å². The molecule has 11 heteroatoms. The van der Waals surface area contributed by atoms with Crippen molar-refractivity contribution < 1.29 is 4.74 Å². The molecule has 0 spiro atoms. The van der Waals surface area contributed by atoms with Gasteiger partial charge in [0.1, 0.15) is 5.69 Å². The first-order chi connectivity index (χ1) is 13.5. The summed E-state index contributed by atoms with van der Waals surface area (Å²) in [6.07, 6.45) is 5.15. The van der Waals surface area contributed by atoms with E-state index >= 15 is 0 Å². The molecule has 1 saturated heterocycles. The van der Waals surface area contributed by atoms with Crippen LogP contribution in [0.5, 0.6) is 5.88 Å². The van der Waals surface area contributed by atoms with Gasteiger partial charge >= 0.3 is 0 Å². The van der Waals surface area contributed by atoms with Gasteiger partial charge in [0, 0.05) is 12.7 Å². The Kier molecular flexibility index (Phi) is 7.34. The number of alkyl halides is 3. The van der Waals surface area contributed by atoms with Crippen LogP contribution in [0.3, 0.4) is 0 Å². The highest BCUT2D eigenvalue weighted by atomic mass is 35.6. The van der Waals surface area contributed by atoms with Gasteiger partial charge in [0.25, 0.3) is 0 Å². The van der Waals surface area contributed by atoms with Crippen LogP contribution in [0, 0.1) is 0 Å². The van der Waals surface area contributed by atoms with Crippen LogP contribution in [0.1, 0.15) is 25.1 Å². The molecule has 1 fully saturated rings. The summed E-state index contributed by atoms with van der Waals surface area (Å²) in [5, 5.41) is 6.22. The second-order valence-electron chi connectivity index (χ2n) is 6.32. The number of hydrogen-bond acceptors (Lipinski definition) is 8. The van der Waals surface area contributed by atoms with Gasteiger partial charge in [-0.3, -0.25) is 0 Å². The molecule has 152 valence electrons. The minimum atomic E-state index is -1.77. The van der Waals surface area contributed by atoms with E-state index in [9.17, 15) is 0 Å². The molecule has 2 N–H and O–H groups in total. The number of pyridine rings is 1. The smallest absolute Gasteiger partial charge is 0.250 e. The first-order valence-corrected chi connectivity index (χ1v) is 10.1. The van der Waals surface area contributed by atoms with Gasteiger partial charge in [-0.05, 0) is 51.0 Å². The van der Waals surface area contributed by atoms with Crippen LogP contribution >= 0.6 is 34.8 Å². The van der Waals surface area contributed by atoms with Crippen molar-refractivity contribution in [1.82, 2.24) is 24.8 Å². The first kappa shape index (κ1) is 21.1. The van der Waals surface area contributed by atoms with Crippen molar-refractivity contribution in [3.8, 4) is 5.88 Å². The molecule has 1 aliphatic rings. The summed E-state index contributed by atoms with van der Waals surface area (Å²) >= 11 is 18.0. The normalized spacial score (nSPS) is 14.9. The number of hydrogen-bond donors (Lipinski definition) is 2. The van der Waals surface area contributed by atoms with Crippen molar-refractivity contribution in [2.24, 2.45) is 0 Å². The molecule has 0 amide bonds. The molecule has 28 heavy (non-hydrogen) atoms. The standard InChI is InChI=1S/C17H22Cl3N7O/c1-28-13-12(6-4-7-21-13)23-16-25-14(17(18,19)20)24-15(26-16)22-8-5-11-27-9-2-3-10-27/h4,6-7H,2-3,5,8-11H2,1H3,(H2,22,23,24,25,26). The maximum atomic E-state index is 5.99. The monoisotopic (exact) mass is 445 g/mol. The average molecular weight is 447 g/mol. The highest BCUT2D eigenvalue weighted by molar-refractivity contribution is 6.66. The van der Waals surface area contributed by atoms with Gasteiger partial charge in [0.15, 0.2) is 5.82 Å². The highest BCUT2D eigenvalue weighted by Crippen LogP contribution is 2.36. The lowest BCUT2D eigenvalue weighted by Gasteiger charge is -2.16. The summed E-state index contributed by atoms with van der Waals surface area (Å²) in [6.45, 7) is 4.08. The Morgan fingerprint density at radius 1 is 1.14 bits per heavy atom. The van der Waals surface area contributed by atoms with E-state index in [1.807, 2.05) is 0 Å². The molecule has 8 nitrogen and oxygen atoms in total. The SMILES string of the molecule is COc1ncccc1Nc1nc(NCCCN2CCCC2)nc(C(Cl)(Cl)Cl)n1. The molecule has 2 aromatic heterocycles. The van der Waals surface area contributed by atoms with Gasteiger partial charge < -0.3 is 20.3 Å². The van der Waals surface area contributed by atoms with Crippen molar-refractivity contribution in [3.05, 3.63) is 24.2 Å². The molecule has 0 unspecified atom stereocenters. The van der Waals surface area contributed by atoms with Gasteiger partial charge in [0.05, 0.1) is 7.11 Å². The number of rotatable bonds is 8. The van der Waals surface area contributed by atoms with E-state index in [0.717, 1.165) is 13.0 Å². The van der Waals surface area contributed by atoms with E-state index in [0.29, 0.717) is 24.1 Å². The van der Waals surface area contributed by atoms with Crippen LogP contribution in [0.25, 0.3) is 0 Å². The molecular weight excluding hydrogens is 425 g/mol. The molecule has 0 aromatic carbocycles. The van der Waals surface area contributed by atoms with E-state index in [1.54, 1.807) is 18.3 Å². The highest BCUT2D eigenvalue weighted by Gasteiger charge is 2.28. The third-order valence-corrected chi connectivity index (χ3v) is 4.74. The fourth-order valence-corrected chi connectivity index (χ4v) is 3.17. The summed E-state index contributed by atoms with van der Waals surface area (Å²) < 4.78 is 3.46. The molecular formula is C17H22Cl3N7O. The summed E-state index contributed by atoms with van der Waals surface area (Å²) in [5.74, 6) is 0.992. The number of nitrogens with one attached hydrogen (secondary N) is 2. The summed E-state index contributed by atoms with van der Waals surface area (Å²) in [5.41, 5.74) is 0.589. The molecule has 2 aromatic rings. The predicted octanol–water partition coefficient (Wildman–Crippen LogP) is 3.74. The topological polar surface area (TPSA) is 88.1 Å². The second kappa shape index (κ2) is 9.73. The van der Waals surface area contributed by atoms with Crippen molar-refractivity contribution >= 4 is 52.4 Å². The fraction of sp³-hybridized carbons (Fsp3) is 0.529. The average Bonchev–Trinajstić information content (AvgIpc) is 3.18. The number of likely N-dealkylation sites (tertiary alicyclic amines) is 1. The molecule has 0 aliphatic carbocycles. The Balaban J connectivity index is 1.71. The number of halogens is 3. The third kappa shape index (κ3) is 5.94. The van der Waals surface area contributed by atoms with Gasteiger partial charge in [-0.25, -0.2) is 4.98 Å². The van der Waals surface area contributed by atoms with Crippen LogP contribution in [0.15, 0.2) is 18.3 Å². The lowest BCUT2D eigenvalue weighted by atomic mass is 10.4. The maximum absolute atomic E-state index is 5.99. The zero-order chi connectivity index (χ0) is 20.0. The van der Waals surface area contributed by atoms with E-state index in [-0.39, 0.29) is 11.8 Å². The number of ether oxygens (including phenoxy) is 1. The van der Waals surface area contributed by atoms with Gasteiger partial charge in [0.2, 0.25) is 21.6 Å². The molecule has 3 rings (SSSR count). The Labute approximate surface area is 179 Å². The van der Waals surface area contributed by atoms with Crippen LogP contribution in [0.4, 0.5) is 17.6 Å². The Morgan fingerprint density at radius 3 is 2.61 bits per heavy atom. The quantitative estimate of drug-likeness (QED) is 0.468. The fourth-order valence-electron chi connectivity index (χ4n) is 2.92.